The predicted octanol–water partition coefficient (Wildman–Crippen LogP) is 1.93. The number of halogens is 2. The van der Waals surface area contributed by atoms with Crippen molar-refractivity contribution in [2.24, 2.45) is 0 Å². The van der Waals surface area contributed by atoms with Gasteiger partial charge in [0.15, 0.2) is 5.82 Å². The van der Waals surface area contributed by atoms with Crippen molar-refractivity contribution in [1.82, 2.24) is 4.98 Å². The SMILES string of the molecule is Nc1cc(Br)cnc1N1CC(Br)CC1=O. The Hall–Kier alpha value is -0.620. The van der Waals surface area contributed by atoms with Gasteiger partial charge in [-0.15, -0.1) is 0 Å². The van der Waals surface area contributed by atoms with E-state index in [1.165, 1.54) is 0 Å². The first-order chi connectivity index (χ1) is 7.08. The maximum Gasteiger partial charge on any atom is 0.229 e. The molecule has 0 aliphatic carbocycles. The maximum absolute atomic E-state index is 11.6. The molecule has 1 atom stereocenters. The first-order valence-electron chi connectivity index (χ1n) is 4.43. The highest BCUT2D eigenvalue weighted by Crippen LogP contribution is 2.29. The predicted molar refractivity (Wildman–Crippen MR) is 66.0 cm³/mol. The summed E-state index contributed by atoms with van der Waals surface area (Å²) in [5, 5.41) is 0. The Bertz CT molecular complexity index is 410. The summed E-state index contributed by atoms with van der Waals surface area (Å²) in [4.78, 5) is 17.6. The van der Waals surface area contributed by atoms with Gasteiger partial charge in [0, 0.05) is 28.5 Å². The molecule has 0 bridgehead atoms. The molecule has 0 aromatic carbocycles. The lowest BCUT2D eigenvalue weighted by molar-refractivity contribution is -0.117. The topological polar surface area (TPSA) is 59.2 Å². The fourth-order valence-corrected chi connectivity index (χ4v) is 2.46. The molecular formula is C9H9Br2N3O. The van der Waals surface area contributed by atoms with E-state index in [4.69, 9.17) is 5.73 Å². The second-order valence-electron chi connectivity index (χ2n) is 3.37. The number of carbonyl (C=O) groups is 1. The van der Waals surface area contributed by atoms with Gasteiger partial charge in [0.25, 0.3) is 0 Å². The molecule has 1 aliphatic heterocycles. The van der Waals surface area contributed by atoms with E-state index in [2.05, 4.69) is 36.8 Å². The molecule has 1 unspecified atom stereocenters. The summed E-state index contributed by atoms with van der Waals surface area (Å²) < 4.78 is 0.811. The second-order valence-corrected chi connectivity index (χ2v) is 5.58. The minimum Gasteiger partial charge on any atom is -0.396 e. The van der Waals surface area contributed by atoms with Crippen molar-refractivity contribution < 1.29 is 4.79 Å². The van der Waals surface area contributed by atoms with E-state index in [9.17, 15) is 4.79 Å². The Kier molecular flexibility index (Phi) is 2.97. The van der Waals surface area contributed by atoms with Crippen LogP contribution in [0.1, 0.15) is 6.42 Å². The van der Waals surface area contributed by atoms with E-state index >= 15 is 0 Å². The van der Waals surface area contributed by atoms with E-state index in [1.54, 1.807) is 17.2 Å². The van der Waals surface area contributed by atoms with Crippen LogP contribution in [-0.2, 0) is 4.79 Å². The first kappa shape index (κ1) is 10.9. The van der Waals surface area contributed by atoms with Gasteiger partial charge in [-0.1, -0.05) is 15.9 Å². The van der Waals surface area contributed by atoms with Gasteiger partial charge in [0.05, 0.1) is 5.69 Å². The van der Waals surface area contributed by atoms with E-state index in [0.717, 1.165) is 4.47 Å². The molecule has 80 valence electrons. The van der Waals surface area contributed by atoms with Crippen LogP contribution in [0.5, 0.6) is 0 Å². The molecule has 0 saturated carbocycles. The Morgan fingerprint density at radius 1 is 1.60 bits per heavy atom. The van der Waals surface area contributed by atoms with Crippen LogP contribution < -0.4 is 10.6 Å². The minimum atomic E-state index is 0.0541. The number of nitrogen functional groups attached to an aromatic ring is 1. The third-order valence-electron chi connectivity index (χ3n) is 2.20. The smallest absolute Gasteiger partial charge is 0.229 e. The van der Waals surface area contributed by atoms with Crippen LogP contribution in [0.2, 0.25) is 0 Å². The lowest BCUT2D eigenvalue weighted by Crippen LogP contribution is -2.26. The van der Waals surface area contributed by atoms with Crippen molar-refractivity contribution in [1.29, 1.82) is 0 Å². The van der Waals surface area contributed by atoms with Gasteiger partial charge >= 0.3 is 0 Å². The van der Waals surface area contributed by atoms with E-state index in [1.807, 2.05) is 0 Å². The van der Waals surface area contributed by atoms with Gasteiger partial charge in [-0.05, 0) is 22.0 Å². The molecule has 2 heterocycles. The monoisotopic (exact) mass is 333 g/mol. The molecule has 6 heteroatoms. The molecule has 15 heavy (non-hydrogen) atoms. The minimum absolute atomic E-state index is 0.0541. The molecule has 1 aliphatic rings. The van der Waals surface area contributed by atoms with Crippen LogP contribution in [0, 0.1) is 0 Å². The van der Waals surface area contributed by atoms with Crippen LogP contribution in [0.15, 0.2) is 16.7 Å². The standard InChI is InChI=1S/C9H9Br2N3O/c10-5-1-7(12)9(13-3-5)14-4-6(11)2-8(14)15/h1,3,6H,2,4,12H2. The van der Waals surface area contributed by atoms with Gasteiger partial charge < -0.3 is 5.73 Å². The van der Waals surface area contributed by atoms with Gasteiger partial charge in [0.1, 0.15) is 0 Å². The molecule has 1 aromatic rings. The zero-order valence-electron chi connectivity index (χ0n) is 7.78. The number of hydrogen-bond donors (Lipinski definition) is 1. The summed E-state index contributed by atoms with van der Waals surface area (Å²) >= 11 is 6.69. The number of aromatic nitrogens is 1. The quantitative estimate of drug-likeness (QED) is 0.798. The number of nitrogens with zero attached hydrogens (tertiary/aromatic N) is 2. The fourth-order valence-electron chi connectivity index (χ4n) is 1.54. The zero-order chi connectivity index (χ0) is 11.0. The lowest BCUT2D eigenvalue weighted by Gasteiger charge is -2.16. The third-order valence-corrected chi connectivity index (χ3v) is 3.24. The van der Waals surface area contributed by atoms with Gasteiger partial charge in [-0.3, -0.25) is 9.69 Å². The third kappa shape index (κ3) is 2.15. The summed E-state index contributed by atoms with van der Waals surface area (Å²) in [6.07, 6.45) is 2.14. The van der Waals surface area contributed by atoms with Gasteiger partial charge in [-0.25, -0.2) is 4.98 Å². The number of anilines is 2. The van der Waals surface area contributed by atoms with Crippen molar-refractivity contribution in [2.45, 2.75) is 11.2 Å². The Morgan fingerprint density at radius 2 is 2.33 bits per heavy atom. The Morgan fingerprint density at radius 3 is 2.87 bits per heavy atom. The van der Waals surface area contributed by atoms with Crippen molar-refractivity contribution in [3.05, 3.63) is 16.7 Å². The summed E-state index contributed by atoms with van der Waals surface area (Å²) in [6.45, 7) is 0.623. The number of pyridine rings is 1. The fraction of sp³-hybridized carbons (Fsp3) is 0.333. The molecule has 0 spiro atoms. The van der Waals surface area contributed by atoms with Crippen molar-refractivity contribution in [3.8, 4) is 0 Å². The number of alkyl halides is 1. The molecule has 4 nitrogen and oxygen atoms in total. The number of rotatable bonds is 1. The molecule has 1 fully saturated rings. The summed E-state index contributed by atoms with van der Waals surface area (Å²) in [7, 11) is 0. The zero-order valence-corrected chi connectivity index (χ0v) is 11.0. The number of nitrogens with two attached hydrogens (primary N) is 1. The van der Waals surface area contributed by atoms with Crippen molar-refractivity contribution >= 4 is 49.3 Å². The number of hydrogen-bond acceptors (Lipinski definition) is 3. The average molecular weight is 335 g/mol. The van der Waals surface area contributed by atoms with Crippen LogP contribution in [-0.4, -0.2) is 22.3 Å². The van der Waals surface area contributed by atoms with E-state index in [0.29, 0.717) is 24.5 Å². The molecular weight excluding hydrogens is 326 g/mol. The summed E-state index contributed by atoms with van der Waals surface area (Å²) in [5.74, 6) is 0.601. The summed E-state index contributed by atoms with van der Waals surface area (Å²) in [6, 6.07) is 1.75. The van der Waals surface area contributed by atoms with Gasteiger partial charge in [0.2, 0.25) is 5.91 Å². The first-order valence-corrected chi connectivity index (χ1v) is 6.14. The number of carbonyl (C=O) groups excluding carboxylic acids is 1. The molecule has 1 amide bonds. The van der Waals surface area contributed by atoms with Crippen molar-refractivity contribution in [2.75, 3.05) is 17.2 Å². The van der Waals surface area contributed by atoms with Gasteiger partial charge in [-0.2, -0.15) is 0 Å². The van der Waals surface area contributed by atoms with Crippen LogP contribution >= 0.6 is 31.9 Å². The number of amides is 1. The molecule has 2 N–H and O–H groups in total. The Balaban J connectivity index is 2.34. The lowest BCUT2D eigenvalue weighted by atomic mass is 10.3. The van der Waals surface area contributed by atoms with Crippen molar-refractivity contribution in [3.63, 3.8) is 0 Å². The van der Waals surface area contributed by atoms with Crippen LogP contribution in [0.25, 0.3) is 0 Å². The highest BCUT2D eigenvalue weighted by atomic mass is 79.9. The van der Waals surface area contributed by atoms with Crippen LogP contribution in [0.3, 0.4) is 0 Å². The average Bonchev–Trinajstić information content (AvgIpc) is 2.45. The second kappa shape index (κ2) is 4.09. The molecule has 0 radical (unpaired) electrons. The highest BCUT2D eigenvalue weighted by Gasteiger charge is 2.30. The van der Waals surface area contributed by atoms with E-state index < -0.39 is 0 Å². The molecule has 2 rings (SSSR count). The largest absolute Gasteiger partial charge is 0.396 e. The normalized spacial score (nSPS) is 21.1. The maximum atomic E-state index is 11.6. The molecule has 1 aromatic heterocycles. The molecule has 1 saturated heterocycles. The highest BCUT2D eigenvalue weighted by molar-refractivity contribution is 9.10. The summed E-state index contributed by atoms with van der Waals surface area (Å²) in [5.41, 5.74) is 6.32. The van der Waals surface area contributed by atoms with E-state index in [-0.39, 0.29) is 10.7 Å². The Labute approximate surface area is 104 Å². The van der Waals surface area contributed by atoms with Crippen LogP contribution in [0.4, 0.5) is 11.5 Å².